The highest BCUT2D eigenvalue weighted by Gasteiger charge is 2.32. The highest BCUT2D eigenvalue weighted by atomic mass is 16.3. The second-order valence-electron chi connectivity index (χ2n) is 4.63. The lowest BCUT2D eigenvalue weighted by molar-refractivity contribution is 0.0741. The molecule has 1 N–H and O–H groups in total. The van der Waals surface area contributed by atoms with Gasteiger partial charge in [-0.1, -0.05) is 13.3 Å². The van der Waals surface area contributed by atoms with E-state index in [0.717, 1.165) is 32.2 Å². The van der Waals surface area contributed by atoms with Gasteiger partial charge in [0, 0.05) is 18.2 Å². The number of carbonyl (C=O) groups is 1. The number of nitrogens with zero attached hydrogens (tertiary/aromatic N) is 1. The SMILES string of the molecule is CCCCN(C(=O)c1ccc(O)cc1)C1CC1. The summed E-state index contributed by atoms with van der Waals surface area (Å²) in [7, 11) is 0. The Kier molecular flexibility index (Phi) is 3.67. The normalized spacial score (nSPS) is 14.6. The van der Waals surface area contributed by atoms with E-state index in [4.69, 9.17) is 0 Å². The van der Waals surface area contributed by atoms with Crippen LogP contribution in [0.2, 0.25) is 0 Å². The molecule has 0 spiro atoms. The van der Waals surface area contributed by atoms with E-state index in [-0.39, 0.29) is 11.7 Å². The van der Waals surface area contributed by atoms with E-state index in [1.807, 2.05) is 4.90 Å². The molecule has 1 aromatic carbocycles. The van der Waals surface area contributed by atoms with Crippen molar-refractivity contribution >= 4 is 5.91 Å². The summed E-state index contributed by atoms with van der Waals surface area (Å²) in [6.45, 7) is 2.98. The van der Waals surface area contributed by atoms with E-state index >= 15 is 0 Å². The zero-order chi connectivity index (χ0) is 12.3. The molecule has 3 heteroatoms. The maximum atomic E-state index is 12.3. The van der Waals surface area contributed by atoms with Crippen molar-refractivity contribution < 1.29 is 9.90 Å². The van der Waals surface area contributed by atoms with Crippen molar-refractivity contribution in [3.63, 3.8) is 0 Å². The van der Waals surface area contributed by atoms with Gasteiger partial charge in [0.2, 0.25) is 0 Å². The van der Waals surface area contributed by atoms with Gasteiger partial charge in [-0.15, -0.1) is 0 Å². The van der Waals surface area contributed by atoms with Crippen molar-refractivity contribution in [2.45, 2.75) is 38.6 Å². The molecule has 0 bridgehead atoms. The standard InChI is InChI=1S/C14H19NO2/c1-2-3-10-15(12-6-7-12)14(17)11-4-8-13(16)9-5-11/h4-5,8-9,12,16H,2-3,6-7,10H2,1H3. The summed E-state index contributed by atoms with van der Waals surface area (Å²) < 4.78 is 0. The number of hydrogen-bond donors (Lipinski definition) is 1. The zero-order valence-corrected chi connectivity index (χ0v) is 10.2. The third-order valence-corrected chi connectivity index (χ3v) is 3.12. The number of benzene rings is 1. The molecule has 0 saturated heterocycles. The maximum absolute atomic E-state index is 12.3. The summed E-state index contributed by atoms with van der Waals surface area (Å²) in [5, 5.41) is 9.22. The molecule has 0 aromatic heterocycles. The Morgan fingerprint density at radius 3 is 2.53 bits per heavy atom. The van der Waals surface area contributed by atoms with E-state index in [1.165, 1.54) is 0 Å². The van der Waals surface area contributed by atoms with Gasteiger partial charge >= 0.3 is 0 Å². The molecule has 0 heterocycles. The Bertz CT molecular complexity index is 382. The first-order valence-electron chi connectivity index (χ1n) is 6.32. The first-order chi connectivity index (χ1) is 8.22. The van der Waals surface area contributed by atoms with Crippen molar-refractivity contribution in [2.24, 2.45) is 0 Å². The van der Waals surface area contributed by atoms with Crippen LogP contribution in [0.3, 0.4) is 0 Å². The molecule has 0 aliphatic heterocycles. The molecule has 3 nitrogen and oxygen atoms in total. The minimum atomic E-state index is 0.0981. The van der Waals surface area contributed by atoms with Crippen LogP contribution >= 0.6 is 0 Å². The molecule has 0 radical (unpaired) electrons. The average Bonchev–Trinajstić information content (AvgIpc) is 3.14. The molecule has 1 amide bonds. The summed E-state index contributed by atoms with van der Waals surface area (Å²) in [4.78, 5) is 14.3. The monoisotopic (exact) mass is 233 g/mol. The molecule has 1 aromatic rings. The van der Waals surface area contributed by atoms with E-state index < -0.39 is 0 Å². The molecular formula is C14H19NO2. The van der Waals surface area contributed by atoms with Gasteiger partial charge in [0.1, 0.15) is 5.75 Å². The lowest BCUT2D eigenvalue weighted by Gasteiger charge is -2.22. The van der Waals surface area contributed by atoms with Crippen molar-refractivity contribution in [1.29, 1.82) is 0 Å². The summed E-state index contributed by atoms with van der Waals surface area (Å²) >= 11 is 0. The maximum Gasteiger partial charge on any atom is 0.254 e. The first kappa shape index (κ1) is 12.0. The summed E-state index contributed by atoms with van der Waals surface area (Å²) in [6, 6.07) is 6.97. The second-order valence-corrected chi connectivity index (χ2v) is 4.63. The van der Waals surface area contributed by atoms with Crippen LogP contribution in [0.1, 0.15) is 43.0 Å². The number of phenolic OH excluding ortho intramolecular Hbond substituents is 1. The van der Waals surface area contributed by atoms with Gasteiger partial charge in [-0.2, -0.15) is 0 Å². The second kappa shape index (κ2) is 5.21. The number of unbranched alkanes of at least 4 members (excludes halogenated alkanes) is 1. The van der Waals surface area contributed by atoms with Crippen LogP contribution in [0.5, 0.6) is 5.75 Å². The van der Waals surface area contributed by atoms with Crippen LogP contribution in [0.4, 0.5) is 0 Å². The summed E-state index contributed by atoms with van der Waals surface area (Å²) in [5.41, 5.74) is 0.672. The molecule has 1 aliphatic carbocycles. The summed E-state index contributed by atoms with van der Waals surface area (Å²) in [5.74, 6) is 0.300. The van der Waals surface area contributed by atoms with Gasteiger partial charge in [-0.25, -0.2) is 0 Å². The van der Waals surface area contributed by atoms with E-state index in [2.05, 4.69) is 6.92 Å². The van der Waals surface area contributed by atoms with Crippen LogP contribution in [0, 0.1) is 0 Å². The van der Waals surface area contributed by atoms with Gasteiger partial charge in [0.25, 0.3) is 5.91 Å². The fourth-order valence-corrected chi connectivity index (χ4v) is 1.93. The zero-order valence-electron chi connectivity index (χ0n) is 10.2. The number of amides is 1. The predicted octanol–water partition coefficient (Wildman–Crippen LogP) is 2.80. The molecule has 92 valence electrons. The predicted molar refractivity (Wildman–Crippen MR) is 67.1 cm³/mol. The Hall–Kier alpha value is -1.51. The molecule has 1 fully saturated rings. The van der Waals surface area contributed by atoms with Gasteiger partial charge in [-0.3, -0.25) is 4.79 Å². The third kappa shape index (κ3) is 2.99. The van der Waals surface area contributed by atoms with Crippen LogP contribution in [0.15, 0.2) is 24.3 Å². The molecule has 1 aliphatic rings. The molecule has 0 unspecified atom stereocenters. The van der Waals surface area contributed by atoms with Crippen molar-refractivity contribution in [2.75, 3.05) is 6.54 Å². The minimum absolute atomic E-state index is 0.0981. The Balaban J connectivity index is 2.07. The lowest BCUT2D eigenvalue weighted by Crippen LogP contribution is -2.33. The molecule has 1 saturated carbocycles. The number of carbonyl (C=O) groups excluding carboxylic acids is 1. The molecular weight excluding hydrogens is 214 g/mol. The molecule has 2 rings (SSSR count). The van der Waals surface area contributed by atoms with Gasteiger partial charge in [0.15, 0.2) is 0 Å². The fourth-order valence-electron chi connectivity index (χ4n) is 1.93. The molecule has 17 heavy (non-hydrogen) atoms. The van der Waals surface area contributed by atoms with Crippen LogP contribution in [-0.4, -0.2) is 28.5 Å². The van der Waals surface area contributed by atoms with Crippen molar-refractivity contribution in [1.82, 2.24) is 4.90 Å². The van der Waals surface area contributed by atoms with Crippen molar-refractivity contribution in [3.05, 3.63) is 29.8 Å². The minimum Gasteiger partial charge on any atom is -0.508 e. The molecule has 0 atom stereocenters. The van der Waals surface area contributed by atoms with Gasteiger partial charge in [0.05, 0.1) is 0 Å². The van der Waals surface area contributed by atoms with E-state index in [0.29, 0.717) is 11.6 Å². The topological polar surface area (TPSA) is 40.5 Å². The quantitative estimate of drug-likeness (QED) is 0.849. The Morgan fingerprint density at radius 2 is 2.00 bits per heavy atom. The van der Waals surface area contributed by atoms with Gasteiger partial charge in [-0.05, 0) is 43.5 Å². The number of rotatable bonds is 5. The third-order valence-electron chi connectivity index (χ3n) is 3.12. The smallest absolute Gasteiger partial charge is 0.254 e. The highest BCUT2D eigenvalue weighted by molar-refractivity contribution is 5.94. The van der Waals surface area contributed by atoms with Crippen molar-refractivity contribution in [3.8, 4) is 5.75 Å². The van der Waals surface area contributed by atoms with Crippen LogP contribution in [-0.2, 0) is 0 Å². The van der Waals surface area contributed by atoms with Gasteiger partial charge < -0.3 is 10.0 Å². The highest BCUT2D eigenvalue weighted by Crippen LogP contribution is 2.28. The Labute approximate surface area is 102 Å². The van der Waals surface area contributed by atoms with E-state index in [9.17, 15) is 9.90 Å². The lowest BCUT2D eigenvalue weighted by atomic mass is 10.1. The Morgan fingerprint density at radius 1 is 1.35 bits per heavy atom. The first-order valence-corrected chi connectivity index (χ1v) is 6.32. The largest absolute Gasteiger partial charge is 0.508 e. The number of hydrogen-bond acceptors (Lipinski definition) is 2. The summed E-state index contributed by atoms with van der Waals surface area (Å²) in [6.07, 6.45) is 4.42. The average molecular weight is 233 g/mol. The van der Waals surface area contributed by atoms with E-state index in [1.54, 1.807) is 24.3 Å². The van der Waals surface area contributed by atoms with Crippen LogP contribution in [0.25, 0.3) is 0 Å². The number of aromatic hydroxyl groups is 1. The fraction of sp³-hybridized carbons (Fsp3) is 0.500. The number of phenols is 1. The van der Waals surface area contributed by atoms with Crippen LogP contribution < -0.4 is 0 Å².